The van der Waals surface area contributed by atoms with Gasteiger partial charge in [-0.1, -0.05) is 12.2 Å². The zero-order chi connectivity index (χ0) is 16.7. The molecule has 1 aromatic rings. The van der Waals surface area contributed by atoms with Gasteiger partial charge in [-0.3, -0.25) is 19.3 Å². The number of carbonyl (C=O) groups excluding carboxylic acids is 3. The van der Waals surface area contributed by atoms with Crippen LogP contribution >= 0.6 is 11.3 Å². The van der Waals surface area contributed by atoms with Crippen molar-refractivity contribution in [3.63, 3.8) is 0 Å². The van der Waals surface area contributed by atoms with Gasteiger partial charge < -0.3 is 5.32 Å². The number of hydrogen-bond acceptors (Lipinski definition) is 5. The summed E-state index contributed by atoms with van der Waals surface area (Å²) in [6.45, 7) is 0.154. The van der Waals surface area contributed by atoms with Gasteiger partial charge in [0.2, 0.25) is 17.7 Å². The fraction of sp³-hybridized carbons (Fsp3) is 0.529. The maximum Gasteiger partial charge on any atom is 0.233 e. The molecule has 1 aromatic heterocycles. The lowest BCUT2D eigenvalue weighted by Crippen LogP contribution is -2.34. The molecular weight excluding hydrogens is 326 g/mol. The number of imide groups is 1. The van der Waals surface area contributed by atoms with Crippen LogP contribution in [0.4, 0.5) is 5.13 Å². The van der Waals surface area contributed by atoms with Gasteiger partial charge in [-0.15, -0.1) is 11.3 Å². The number of carbonyl (C=O) groups is 3. The number of nitrogens with one attached hydrogen (secondary N) is 1. The topological polar surface area (TPSA) is 79.4 Å². The van der Waals surface area contributed by atoms with Crippen molar-refractivity contribution in [3.8, 4) is 0 Å². The molecule has 7 heteroatoms. The zero-order valence-electron chi connectivity index (χ0n) is 13.3. The van der Waals surface area contributed by atoms with Crippen LogP contribution in [-0.2, 0) is 27.2 Å². The van der Waals surface area contributed by atoms with Crippen molar-refractivity contribution < 1.29 is 14.4 Å². The Morgan fingerprint density at radius 2 is 1.92 bits per heavy atom. The van der Waals surface area contributed by atoms with Crippen molar-refractivity contribution in [2.45, 2.75) is 38.5 Å². The monoisotopic (exact) mass is 345 g/mol. The Morgan fingerprint density at radius 1 is 1.21 bits per heavy atom. The van der Waals surface area contributed by atoms with Crippen molar-refractivity contribution >= 4 is 34.2 Å². The molecule has 2 heterocycles. The summed E-state index contributed by atoms with van der Waals surface area (Å²) in [6.07, 6.45) is 8.46. The van der Waals surface area contributed by atoms with Crippen molar-refractivity contribution in [1.29, 1.82) is 0 Å². The van der Waals surface area contributed by atoms with Crippen LogP contribution in [0.3, 0.4) is 0 Å². The number of anilines is 1. The predicted octanol–water partition coefficient (Wildman–Crippen LogP) is 1.91. The Labute approximate surface area is 143 Å². The summed E-state index contributed by atoms with van der Waals surface area (Å²) in [5.41, 5.74) is 1.09. The minimum atomic E-state index is -0.229. The third-order valence-corrected chi connectivity index (χ3v) is 6.08. The molecule has 0 spiro atoms. The Hall–Kier alpha value is -2.02. The van der Waals surface area contributed by atoms with Gasteiger partial charge in [0, 0.05) is 17.8 Å². The largest absolute Gasteiger partial charge is 0.302 e. The fourth-order valence-corrected chi connectivity index (χ4v) is 4.79. The van der Waals surface area contributed by atoms with Crippen LogP contribution in [0.5, 0.6) is 0 Å². The molecule has 0 aromatic carbocycles. The van der Waals surface area contributed by atoms with E-state index in [2.05, 4.69) is 10.3 Å². The minimum absolute atomic E-state index is 0.120. The summed E-state index contributed by atoms with van der Waals surface area (Å²) in [7, 11) is 0. The molecule has 0 saturated carbocycles. The molecule has 1 fully saturated rings. The molecule has 3 amide bonds. The molecule has 1 aliphatic heterocycles. The molecule has 1 saturated heterocycles. The second kappa shape index (κ2) is 6.12. The predicted molar refractivity (Wildman–Crippen MR) is 89.5 cm³/mol. The average molecular weight is 345 g/mol. The second-order valence-electron chi connectivity index (χ2n) is 6.52. The lowest BCUT2D eigenvalue weighted by Gasteiger charge is -2.14. The van der Waals surface area contributed by atoms with E-state index in [-0.39, 0.29) is 42.5 Å². The molecular formula is C17H19N3O3S. The Kier molecular flexibility index (Phi) is 3.96. The molecule has 0 radical (unpaired) electrons. The second-order valence-corrected chi connectivity index (χ2v) is 7.61. The number of aromatic nitrogens is 1. The van der Waals surface area contributed by atoms with Gasteiger partial charge in [0.25, 0.3) is 0 Å². The summed E-state index contributed by atoms with van der Waals surface area (Å²) in [6, 6.07) is 0. The Morgan fingerprint density at radius 3 is 2.58 bits per heavy atom. The number of likely N-dealkylation sites (tertiary alicyclic amines) is 1. The van der Waals surface area contributed by atoms with Gasteiger partial charge in [-0.2, -0.15) is 0 Å². The highest BCUT2D eigenvalue weighted by Gasteiger charge is 2.46. The normalized spacial score (nSPS) is 25.1. The van der Waals surface area contributed by atoms with E-state index in [4.69, 9.17) is 0 Å². The maximum absolute atomic E-state index is 12.3. The zero-order valence-corrected chi connectivity index (χ0v) is 14.1. The Bertz CT molecular complexity index is 692. The molecule has 3 aliphatic rings. The van der Waals surface area contributed by atoms with E-state index in [0.717, 1.165) is 25.0 Å². The summed E-state index contributed by atoms with van der Waals surface area (Å²) >= 11 is 1.53. The highest BCUT2D eigenvalue weighted by Crippen LogP contribution is 2.35. The first kappa shape index (κ1) is 15.5. The lowest BCUT2D eigenvalue weighted by molar-refractivity contribution is -0.140. The molecule has 6 nitrogen and oxygen atoms in total. The van der Waals surface area contributed by atoms with Crippen LogP contribution in [0, 0.1) is 11.8 Å². The molecule has 1 N–H and O–H groups in total. The first-order chi connectivity index (χ1) is 11.6. The summed E-state index contributed by atoms with van der Waals surface area (Å²) in [4.78, 5) is 43.8. The van der Waals surface area contributed by atoms with E-state index in [1.807, 2.05) is 12.2 Å². The third-order valence-electron chi connectivity index (χ3n) is 5.00. The van der Waals surface area contributed by atoms with Crippen LogP contribution in [0.2, 0.25) is 0 Å². The fourth-order valence-electron chi connectivity index (χ4n) is 3.73. The number of allylic oxidation sites excluding steroid dienone is 2. The van der Waals surface area contributed by atoms with E-state index >= 15 is 0 Å². The van der Waals surface area contributed by atoms with Gasteiger partial charge in [0.05, 0.1) is 17.5 Å². The van der Waals surface area contributed by atoms with Gasteiger partial charge in [0.1, 0.15) is 0 Å². The lowest BCUT2D eigenvalue weighted by atomic mass is 9.85. The minimum Gasteiger partial charge on any atom is -0.302 e. The molecule has 126 valence electrons. The average Bonchev–Trinajstić information content (AvgIpc) is 3.21. The van der Waals surface area contributed by atoms with Crippen LogP contribution < -0.4 is 5.32 Å². The SMILES string of the molecule is O=C(CCN1C(=O)[C@H]2CC=CC[C@H]2C1=O)Nc1nc2c(s1)CCC2. The van der Waals surface area contributed by atoms with Crippen molar-refractivity contribution in [1.82, 2.24) is 9.88 Å². The van der Waals surface area contributed by atoms with E-state index in [0.29, 0.717) is 18.0 Å². The first-order valence-corrected chi connectivity index (χ1v) is 9.24. The third kappa shape index (κ3) is 2.66. The van der Waals surface area contributed by atoms with E-state index in [9.17, 15) is 14.4 Å². The van der Waals surface area contributed by atoms with Crippen molar-refractivity contribution in [3.05, 3.63) is 22.7 Å². The highest BCUT2D eigenvalue weighted by molar-refractivity contribution is 7.15. The summed E-state index contributed by atoms with van der Waals surface area (Å²) in [5, 5.41) is 3.42. The number of rotatable bonds is 4. The van der Waals surface area contributed by atoms with Gasteiger partial charge in [-0.05, 0) is 32.1 Å². The number of hydrogen-bond donors (Lipinski definition) is 1. The quantitative estimate of drug-likeness (QED) is 0.668. The molecule has 2 atom stereocenters. The summed E-state index contributed by atoms with van der Waals surface area (Å²) < 4.78 is 0. The van der Waals surface area contributed by atoms with E-state index in [1.54, 1.807) is 0 Å². The van der Waals surface area contributed by atoms with Crippen LogP contribution in [-0.4, -0.2) is 34.2 Å². The number of nitrogens with zero attached hydrogens (tertiary/aromatic N) is 2. The standard InChI is InChI=1S/C17H19N3O3S/c21-14(19-17-18-12-6-3-7-13(12)24-17)8-9-20-15(22)10-4-1-2-5-11(10)16(20)23/h1-2,10-11H,3-9H2,(H,18,19,21)/t10-,11+. The molecule has 4 rings (SSSR count). The molecule has 0 unspecified atom stereocenters. The number of amides is 3. The van der Waals surface area contributed by atoms with Crippen LogP contribution in [0.25, 0.3) is 0 Å². The van der Waals surface area contributed by atoms with E-state index in [1.165, 1.54) is 21.1 Å². The van der Waals surface area contributed by atoms with Gasteiger partial charge in [-0.25, -0.2) is 4.98 Å². The smallest absolute Gasteiger partial charge is 0.233 e. The van der Waals surface area contributed by atoms with E-state index < -0.39 is 0 Å². The molecule has 24 heavy (non-hydrogen) atoms. The first-order valence-electron chi connectivity index (χ1n) is 8.42. The van der Waals surface area contributed by atoms with Crippen molar-refractivity contribution in [2.24, 2.45) is 11.8 Å². The van der Waals surface area contributed by atoms with Gasteiger partial charge in [0.15, 0.2) is 5.13 Å². The highest BCUT2D eigenvalue weighted by atomic mass is 32.1. The number of fused-ring (bicyclic) bond motifs is 2. The molecule has 0 bridgehead atoms. The van der Waals surface area contributed by atoms with Gasteiger partial charge >= 0.3 is 0 Å². The number of aryl methyl sites for hydroxylation is 2. The molecule has 2 aliphatic carbocycles. The maximum atomic E-state index is 12.3. The van der Waals surface area contributed by atoms with Crippen LogP contribution in [0.15, 0.2) is 12.2 Å². The summed E-state index contributed by atoms with van der Waals surface area (Å²) in [5.74, 6) is -0.915. The van der Waals surface area contributed by atoms with Crippen molar-refractivity contribution in [2.75, 3.05) is 11.9 Å². The number of thiazole rings is 1. The Balaban J connectivity index is 1.33. The van der Waals surface area contributed by atoms with Crippen LogP contribution in [0.1, 0.15) is 36.3 Å².